The molecule has 2 saturated heterocycles. The van der Waals surface area contributed by atoms with E-state index in [9.17, 15) is 0 Å². The van der Waals surface area contributed by atoms with Crippen LogP contribution in [0.4, 0.5) is 5.82 Å². The van der Waals surface area contributed by atoms with Crippen molar-refractivity contribution in [3.8, 4) is 0 Å². The lowest BCUT2D eigenvalue weighted by Crippen LogP contribution is -2.29. The number of ether oxygens (including phenoxy) is 1. The molecule has 4 rings (SSSR count). The van der Waals surface area contributed by atoms with Gasteiger partial charge in [-0.15, -0.1) is 0 Å². The molecule has 3 aliphatic rings. The van der Waals surface area contributed by atoms with Gasteiger partial charge in [-0.25, -0.2) is 9.97 Å². The molecule has 1 spiro atoms. The highest BCUT2D eigenvalue weighted by Gasteiger charge is 2.42. The van der Waals surface area contributed by atoms with E-state index in [0.717, 1.165) is 45.0 Å². The average Bonchev–Trinajstić information content (AvgIpc) is 3.09. The van der Waals surface area contributed by atoms with Gasteiger partial charge < -0.3 is 9.64 Å². The van der Waals surface area contributed by atoms with Crippen LogP contribution in [0.3, 0.4) is 0 Å². The maximum absolute atomic E-state index is 5.64. The van der Waals surface area contributed by atoms with Gasteiger partial charge in [-0.05, 0) is 45.4 Å². The van der Waals surface area contributed by atoms with E-state index in [1.54, 1.807) is 0 Å². The van der Waals surface area contributed by atoms with Gasteiger partial charge in [-0.2, -0.15) is 0 Å². The van der Waals surface area contributed by atoms with Crippen molar-refractivity contribution in [2.75, 3.05) is 31.2 Å². The van der Waals surface area contributed by atoms with Crippen LogP contribution in [0.5, 0.6) is 0 Å². The summed E-state index contributed by atoms with van der Waals surface area (Å²) in [5, 5.41) is 0. The van der Waals surface area contributed by atoms with Crippen LogP contribution in [0.15, 0.2) is 0 Å². The van der Waals surface area contributed by atoms with Gasteiger partial charge in [-0.3, -0.25) is 0 Å². The Morgan fingerprint density at radius 2 is 2.05 bits per heavy atom. The molecule has 0 amide bonds. The van der Waals surface area contributed by atoms with Crippen molar-refractivity contribution in [3.05, 3.63) is 17.1 Å². The number of hydrogen-bond acceptors (Lipinski definition) is 4. The van der Waals surface area contributed by atoms with Crippen molar-refractivity contribution in [1.82, 2.24) is 9.97 Å². The van der Waals surface area contributed by atoms with Gasteiger partial charge in [0.15, 0.2) is 0 Å². The van der Waals surface area contributed by atoms with Gasteiger partial charge >= 0.3 is 0 Å². The van der Waals surface area contributed by atoms with Crippen molar-refractivity contribution in [3.63, 3.8) is 0 Å². The lowest BCUT2D eigenvalue weighted by atomic mass is 9.87. The average molecular weight is 273 g/mol. The predicted molar refractivity (Wildman–Crippen MR) is 78.1 cm³/mol. The second-order valence-electron chi connectivity index (χ2n) is 6.70. The lowest BCUT2D eigenvalue weighted by molar-refractivity contribution is 0.160. The molecule has 0 saturated carbocycles. The maximum atomic E-state index is 5.64. The molecule has 1 atom stereocenters. The lowest BCUT2D eigenvalue weighted by Gasteiger charge is -2.27. The van der Waals surface area contributed by atoms with E-state index in [2.05, 4.69) is 9.88 Å². The monoisotopic (exact) mass is 273 g/mol. The van der Waals surface area contributed by atoms with E-state index < -0.39 is 0 Å². The fourth-order valence-electron chi connectivity index (χ4n) is 4.04. The Morgan fingerprint density at radius 3 is 2.90 bits per heavy atom. The molecule has 20 heavy (non-hydrogen) atoms. The third-order valence-corrected chi connectivity index (χ3v) is 5.20. The Bertz CT molecular complexity index is 523. The second-order valence-corrected chi connectivity index (χ2v) is 6.70. The van der Waals surface area contributed by atoms with E-state index in [0.29, 0.717) is 5.41 Å². The maximum Gasteiger partial charge on any atom is 0.135 e. The Balaban J connectivity index is 1.67. The summed E-state index contributed by atoms with van der Waals surface area (Å²) in [7, 11) is 0. The zero-order chi connectivity index (χ0) is 13.6. The smallest absolute Gasteiger partial charge is 0.135 e. The summed E-state index contributed by atoms with van der Waals surface area (Å²) in [6.07, 6.45) is 7.33. The molecule has 0 N–H and O–H groups in total. The minimum atomic E-state index is 0.403. The number of nitrogens with zero attached hydrogens (tertiary/aromatic N) is 3. The number of hydrogen-bond donors (Lipinski definition) is 0. The molecule has 2 aliphatic heterocycles. The van der Waals surface area contributed by atoms with E-state index in [-0.39, 0.29) is 0 Å². The van der Waals surface area contributed by atoms with Gasteiger partial charge in [0.2, 0.25) is 0 Å². The highest BCUT2D eigenvalue weighted by molar-refractivity contribution is 5.51. The van der Waals surface area contributed by atoms with Crippen LogP contribution in [0.25, 0.3) is 0 Å². The molecular formula is C16H23N3O. The third kappa shape index (κ3) is 2.01. The summed E-state index contributed by atoms with van der Waals surface area (Å²) in [6, 6.07) is 0. The predicted octanol–water partition coefficient (Wildman–Crippen LogP) is 2.28. The van der Waals surface area contributed by atoms with Crippen LogP contribution in [0.2, 0.25) is 0 Å². The Morgan fingerprint density at radius 1 is 1.15 bits per heavy atom. The Kier molecular flexibility index (Phi) is 2.95. The largest absolute Gasteiger partial charge is 0.381 e. The van der Waals surface area contributed by atoms with Gasteiger partial charge in [0, 0.05) is 36.4 Å². The Labute approximate surface area is 120 Å². The van der Waals surface area contributed by atoms with E-state index in [1.807, 2.05) is 6.92 Å². The number of aryl methyl sites for hydroxylation is 2. The first kappa shape index (κ1) is 12.6. The normalized spacial score (nSPS) is 29.1. The van der Waals surface area contributed by atoms with Gasteiger partial charge in [0.05, 0.1) is 6.61 Å². The summed E-state index contributed by atoms with van der Waals surface area (Å²) >= 11 is 0. The fraction of sp³-hybridized carbons (Fsp3) is 0.750. The molecular weight excluding hydrogens is 250 g/mol. The van der Waals surface area contributed by atoms with E-state index >= 15 is 0 Å². The van der Waals surface area contributed by atoms with Crippen LogP contribution in [-0.4, -0.2) is 36.3 Å². The van der Waals surface area contributed by atoms with Crippen LogP contribution >= 0.6 is 0 Å². The quantitative estimate of drug-likeness (QED) is 0.787. The number of fused-ring (bicyclic) bond motifs is 1. The molecule has 0 radical (unpaired) electrons. The molecule has 0 bridgehead atoms. The minimum Gasteiger partial charge on any atom is -0.381 e. The first-order valence-corrected chi connectivity index (χ1v) is 7.95. The first-order chi connectivity index (χ1) is 9.76. The van der Waals surface area contributed by atoms with Gasteiger partial charge in [0.1, 0.15) is 11.6 Å². The van der Waals surface area contributed by atoms with E-state index in [4.69, 9.17) is 9.72 Å². The van der Waals surface area contributed by atoms with Crippen LogP contribution < -0.4 is 4.90 Å². The highest BCUT2D eigenvalue weighted by atomic mass is 16.5. The minimum absolute atomic E-state index is 0.403. The number of rotatable bonds is 1. The molecule has 0 aromatic carbocycles. The van der Waals surface area contributed by atoms with E-state index in [1.165, 1.54) is 42.8 Å². The van der Waals surface area contributed by atoms with Crippen LogP contribution in [-0.2, 0) is 17.6 Å². The zero-order valence-electron chi connectivity index (χ0n) is 12.3. The zero-order valence-corrected chi connectivity index (χ0v) is 12.3. The molecule has 1 aromatic heterocycles. The molecule has 1 unspecified atom stereocenters. The van der Waals surface area contributed by atoms with Crippen molar-refractivity contribution < 1.29 is 4.74 Å². The topological polar surface area (TPSA) is 38.2 Å². The molecule has 2 fully saturated rings. The standard InChI is InChI=1S/C16H23N3O/c1-12-17-14-5-3-2-4-13(14)15(18-12)19-8-6-16(10-19)7-9-20-11-16/h2-11H2,1H3. The summed E-state index contributed by atoms with van der Waals surface area (Å²) < 4.78 is 5.64. The Hall–Kier alpha value is -1.16. The summed E-state index contributed by atoms with van der Waals surface area (Å²) in [5.41, 5.74) is 3.14. The van der Waals surface area contributed by atoms with Gasteiger partial charge in [-0.1, -0.05) is 0 Å². The van der Waals surface area contributed by atoms with Gasteiger partial charge in [0.25, 0.3) is 0 Å². The number of anilines is 1. The van der Waals surface area contributed by atoms with Crippen molar-refractivity contribution in [1.29, 1.82) is 0 Å². The van der Waals surface area contributed by atoms with Crippen molar-refractivity contribution in [2.45, 2.75) is 45.4 Å². The SMILES string of the molecule is Cc1nc2c(c(N3CCC4(CCOC4)C3)n1)CCCC2. The first-order valence-electron chi connectivity index (χ1n) is 7.95. The molecule has 3 heterocycles. The number of aromatic nitrogens is 2. The highest BCUT2D eigenvalue weighted by Crippen LogP contribution is 2.41. The summed E-state index contributed by atoms with van der Waals surface area (Å²) in [4.78, 5) is 12.0. The van der Waals surface area contributed by atoms with Crippen molar-refractivity contribution in [2.24, 2.45) is 5.41 Å². The molecule has 1 aliphatic carbocycles. The van der Waals surface area contributed by atoms with Crippen LogP contribution in [0, 0.1) is 12.3 Å². The van der Waals surface area contributed by atoms with Crippen molar-refractivity contribution >= 4 is 5.82 Å². The fourth-order valence-corrected chi connectivity index (χ4v) is 4.04. The summed E-state index contributed by atoms with van der Waals surface area (Å²) in [5.74, 6) is 2.17. The molecule has 4 nitrogen and oxygen atoms in total. The molecule has 4 heteroatoms. The third-order valence-electron chi connectivity index (χ3n) is 5.20. The molecule has 1 aromatic rings. The molecule has 108 valence electrons. The second kappa shape index (κ2) is 4.69. The van der Waals surface area contributed by atoms with Crippen LogP contribution in [0.1, 0.15) is 42.8 Å². The summed E-state index contributed by atoms with van der Waals surface area (Å²) in [6.45, 7) is 6.16.